The van der Waals surface area contributed by atoms with Crippen LogP contribution in [-0.4, -0.2) is 51.7 Å². The van der Waals surface area contributed by atoms with E-state index in [0.29, 0.717) is 13.1 Å². The molecule has 0 spiro atoms. The molecule has 1 aliphatic heterocycles. The lowest BCUT2D eigenvalue weighted by molar-refractivity contribution is -0.384. The van der Waals surface area contributed by atoms with Crippen molar-refractivity contribution >= 4 is 34.9 Å². The van der Waals surface area contributed by atoms with Gasteiger partial charge in [-0.3, -0.25) is 19.7 Å². The van der Waals surface area contributed by atoms with Gasteiger partial charge in [0.1, 0.15) is 5.69 Å². The normalized spacial score (nSPS) is 15.0. The van der Waals surface area contributed by atoms with E-state index in [2.05, 4.69) is 0 Å². The van der Waals surface area contributed by atoms with Crippen molar-refractivity contribution in [1.29, 1.82) is 0 Å². The van der Waals surface area contributed by atoms with Crippen LogP contribution in [0.15, 0.2) is 18.2 Å². The number of carboxylic acid groups (broad SMARTS) is 2. The number of Topliss-reactive ketones (excluding diaryl/α,β-unsaturated/α-hetero) is 2. The molecule has 144 valence electrons. The molecule has 0 bridgehead atoms. The molecular formula is C17H18N2O8. The first-order valence-electron chi connectivity index (χ1n) is 8.29. The van der Waals surface area contributed by atoms with E-state index in [-0.39, 0.29) is 11.3 Å². The SMILES string of the molecule is O=C(O)C(=O)CC(C(=O)C(=O)O)c1cccc(N2CCCCC2)c1[N+](=O)[O-]. The lowest BCUT2D eigenvalue weighted by atomic mass is 9.87. The van der Waals surface area contributed by atoms with Crippen molar-refractivity contribution in [1.82, 2.24) is 0 Å². The number of hydrogen-bond donors (Lipinski definition) is 2. The minimum Gasteiger partial charge on any atom is -0.476 e. The highest BCUT2D eigenvalue weighted by molar-refractivity contribution is 6.38. The second kappa shape index (κ2) is 8.39. The molecule has 1 unspecified atom stereocenters. The average Bonchev–Trinajstić information content (AvgIpc) is 2.65. The van der Waals surface area contributed by atoms with Gasteiger partial charge in [-0.15, -0.1) is 0 Å². The van der Waals surface area contributed by atoms with Gasteiger partial charge in [-0.25, -0.2) is 9.59 Å². The number of carbonyl (C=O) groups is 4. The van der Waals surface area contributed by atoms with Crippen LogP contribution in [0.2, 0.25) is 0 Å². The van der Waals surface area contributed by atoms with Crippen LogP contribution in [0.4, 0.5) is 11.4 Å². The van der Waals surface area contributed by atoms with Crippen LogP contribution in [0, 0.1) is 10.1 Å². The number of hydrogen-bond acceptors (Lipinski definition) is 7. The fourth-order valence-electron chi connectivity index (χ4n) is 3.18. The molecule has 0 radical (unpaired) electrons. The smallest absolute Gasteiger partial charge is 0.372 e. The standard InChI is InChI=1S/C17H18N2O8/c20-13(16(22)23)9-11(15(21)17(24)25)10-5-4-6-12(14(10)19(26)27)18-7-2-1-3-8-18/h4-6,11H,1-3,7-9H2,(H,22,23)(H,24,25). The lowest BCUT2D eigenvalue weighted by Gasteiger charge is -2.29. The van der Waals surface area contributed by atoms with Gasteiger partial charge in [0.15, 0.2) is 0 Å². The number of nitro benzene ring substituents is 1. The summed E-state index contributed by atoms with van der Waals surface area (Å²) in [5, 5.41) is 29.5. The number of anilines is 1. The van der Waals surface area contributed by atoms with Crippen LogP contribution in [-0.2, 0) is 19.2 Å². The van der Waals surface area contributed by atoms with E-state index >= 15 is 0 Å². The predicted octanol–water partition coefficient (Wildman–Crippen LogP) is 1.37. The molecule has 1 aromatic rings. The van der Waals surface area contributed by atoms with Crippen LogP contribution in [0.5, 0.6) is 0 Å². The fourth-order valence-corrected chi connectivity index (χ4v) is 3.18. The highest BCUT2D eigenvalue weighted by Crippen LogP contribution is 2.38. The summed E-state index contributed by atoms with van der Waals surface area (Å²) in [5.74, 6) is -8.35. The monoisotopic (exact) mass is 378 g/mol. The van der Waals surface area contributed by atoms with E-state index in [4.69, 9.17) is 10.2 Å². The van der Waals surface area contributed by atoms with E-state index < -0.39 is 46.5 Å². The topological polar surface area (TPSA) is 155 Å². The van der Waals surface area contributed by atoms with Gasteiger partial charge in [0.25, 0.3) is 5.69 Å². The van der Waals surface area contributed by atoms with Crippen LogP contribution in [0.3, 0.4) is 0 Å². The number of ketones is 2. The maximum atomic E-state index is 12.1. The lowest BCUT2D eigenvalue weighted by Crippen LogP contribution is -2.31. The Morgan fingerprint density at radius 1 is 1.07 bits per heavy atom. The fraction of sp³-hybridized carbons (Fsp3) is 0.412. The van der Waals surface area contributed by atoms with Gasteiger partial charge in [0, 0.05) is 25.1 Å². The molecule has 0 aromatic heterocycles. The first-order valence-corrected chi connectivity index (χ1v) is 8.29. The molecule has 0 saturated carbocycles. The van der Waals surface area contributed by atoms with Gasteiger partial charge in [-0.1, -0.05) is 12.1 Å². The number of carbonyl (C=O) groups excluding carboxylic acids is 2. The van der Waals surface area contributed by atoms with Crippen LogP contribution < -0.4 is 4.90 Å². The summed E-state index contributed by atoms with van der Waals surface area (Å²) in [6, 6.07) is 4.11. The second-order valence-corrected chi connectivity index (χ2v) is 6.17. The molecule has 0 aliphatic carbocycles. The number of piperidine rings is 1. The minimum atomic E-state index is -1.89. The zero-order valence-electron chi connectivity index (χ0n) is 14.3. The third kappa shape index (κ3) is 4.46. The third-order valence-corrected chi connectivity index (χ3v) is 4.46. The number of rotatable bonds is 8. The Hall–Kier alpha value is -3.30. The first kappa shape index (κ1) is 20.0. The zero-order valence-corrected chi connectivity index (χ0v) is 14.3. The molecule has 1 atom stereocenters. The number of aliphatic carboxylic acids is 2. The summed E-state index contributed by atoms with van der Waals surface area (Å²) in [5.41, 5.74) is -0.523. The Labute approximate surface area is 153 Å². The molecule has 10 nitrogen and oxygen atoms in total. The number of benzene rings is 1. The van der Waals surface area contributed by atoms with Crippen molar-refractivity contribution in [3.63, 3.8) is 0 Å². The van der Waals surface area contributed by atoms with E-state index in [1.807, 2.05) is 0 Å². The number of carboxylic acids is 2. The summed E-state index contributed by atoms with van der Waals surface area (Å²) < 4.78 is 0. The van der Waals surface area contributed by atoms with E-state index in [0.717, 1.165) is 19.3 Å². The molecule has 10 heteroatoms. The Balaban J connectivity index is 2.58. The van der Waals surface area contributed by atoms with Gasteiger partial charge in [0.2, 0.25) is 11.6 Å². The molecule has 2 rings (SSSR count). The Morgan fingerprint density at radius 2 is 1.70 bits per heavy atom. The van der Waals surface area contributed by atoms with Crippen molar-refractivity contribution < 1.29 is 34.3 Å². The molecule has 1 heterocycles. The summed E-state index contributed by atoms with van der Waals surface area (Å²) in [7, 11) is 0. The maximum absolute atomic E-state index is 12.1. The second-order valence-electron chi connectivity index (χ2n) is 6.17. The Bertz CT molecular complexity index is 798. The highest BCUT2D eigenvalue weighted by atomic mass is 16.6. The summed E-state index contributed by atoms with van der Waals surface area (Å²) >= 11 is 0. The van der Waals surface area contributed by atoms with Crippen molar-refractivity contribution in [2.45, 2.75) is 31.6 Å². The van der Waals surface area contributed by atoms with Crippen LogP contribution in [0.25, 0.3) is 0 Å². The average molecular weight is 378 g/mol. The molecule has 1 aromatic carbocycles. The predicted molar refractivity (Wildman–Crippen MR) is 91.8 cm³/mol. The number of nitrogens with zero attached hydrogens (tertiary/aromatic N) is 2. The third-order valence-electron chi connectivity index (χ3n) is 4.46. The summed E-state index contributed by atoms with van der Waals surface area (Å²) in [6.07, 6.45) is 1.68. The highest BCUT2D eigenvalue weighted by Gasteiger charge is 2.37. The Morgan fingerprint density at radius 3 is 2.22 bits per heavy atom. The van der Waals surface area contributed by atoms with Gasteiger partial charge >= 0.3 is 11.9 Å². The molecule has 1 saturated heterocycles. The quantitative estimate of drug-likeness (QED) is 0.387. The molecule has 0 amide bonds. The molecule has 1 aliphatic rings. The first-order chi connectivity index (χ1) is 12.7. The largest absolute Gasteiger partial charge is 0.476 e. The van der Waals surface area contributed by atoms with Gasteiger partial charge in [0.05, 0.1) is 10.8 Å². The Kier molecular flexibility index (Phi) is 6.22. The zero-order chi connectivity index (χ0) is 20.1. The number of para-hydroxylation sites is 1. The van der Waals surface area contributed by atoms with E-state index in [1.54, 1.807) is 4.90 Å². The van der Waals surface area contributed by atoms with E-state index in [1.165, 1.54) is 18.2 Å². The van der Waals surface area contributed by atoms with Crippen LogP contribution >= 0.6 is 0 Å². The molecular weight excluding hydrogens is 360 g/mol. The van der Waals surface area contributed by atoms with Gasteiger partial charge < -0.3 is 15.1 Å². The van der Waals surface area contributed by atoms with Crippen LogP contribution in [0.1, 0.15) is 37.2 Å². The number of nitro groups is 1. The minimum absolute atomic E-state index is 0.225. The summed E-state index contributed by atoms with van der Waals surface area (Å²) in [4.78, 5) is 58.4. The molecule has 2 N–H and O–H groups in total. The van der Waals surface area contributed by atoms with E-state index in [9.17, 15) is 29.3 Å². The van der Waals surface area contributed by atoms with Crippen molar-refractivity contribution in [2.24, 2.45) is 0 Å². The van der Waals surface area contributed by atoms with Crippen molar-refractivity contribution in [3.8, 4) is 0 Å². The summed E-state index contributed by atoms with van der Waals surface area (Å²) in [6.45, 7) is 1.13. The maximum Gasteiger partial charge on any atom is 0.372 e. The van der Waals surface area contributed by atoms with Gasteiger partial charge in [-0.2, -0.15) is 0 Å². The van der Waals surface area contributed by atoms with Crippen molar-refractivity contribution in [2.75, 3.05) is 18.0 Å². The molecule has 27 heavy (non-hydrogen) atoms. The van der Waals surface area contributed by atoms with Crippen molar-refractivity contribution in [3.05, 3.63) is 33.9 Å². The molecule has 1 fully saturated rings. The van der Waals surface area contributed by atoms with Gasteiger partial charge in [-0.05, 0) is 25.3 Å².